The summed E-state index contributed by atoms with van der Waals surface area (Å²) in [5.74, 6) is 1.13. The van der Waals surface area contributed by atoms with Gasteiger partial charge in [0.15, 0.2) is 0 Å². The van der Waals surface area contributed by atoms with E-state index in [2.05, 4.69) is 51.1 Å². The van der Waals surface area contributed by atoms with Gasteiger partial charge in [-0.1, -0.05) is 47.0 Å². The molecule has 1 amide bonds. The van der Waals surface area contributed by atoms with Gasteiger partial charge in [0.2, 0.25) is 5.91 Å². The maximum absolute atomic E-state index is 12.9. The van der Waals surface area contributed by atoms with Crippen molar-refractivity contribution in [3.05, 3.63) is 99.7 Å². The molecule has 2 fully saturated rings. The van der Waals surface area contributed by atoms with E-state index in [0.29, 0.717) is 45.6 Å². The van der Waals surface area contributed by atoms with Crippen molar-refractivity contribution in [2.45, 2.75) is 51.9 Å². The SMILES string of the molecule is Cc1ccc(COc2ccc(Nc3c(C#N)cnc4cc(OC5CCN(C)CC5)c(CNC(=O)C=C5CCNCC5)cc34)cc2Cl)cc1. The van der Waals surface area contributed by atoms with Crippen molar-refractivity contribution in [1.29, 1.82) is 5.26 Å². The molecule has 10 heteroatoms. The molecule has 0 aliphatic carbocycles. The van der Waals surface area contributed by atoms with Crippen LogP contribution in [0.5, 0.6) is 11.5 Å². The number of halogens is 1. The van der Waals surface area contributed by atoms with E-state index in [1.165, 1.54) is 5.56 Å². The minimum atomic E-state index is -0.126. The van der Waals surface area contributed by atoms with Crippen molar-refractivity contribution in [2.75, 3.05) is 38.5 Å². The quantitative estimate of drug-likeness (QED) is 0.159. The topological polar surface area (TPSA) is 112 Å². The fraction of sp³-hybridized carbons (Fsp3) is 0.342. The third-order valence-corrected chi connectivity index (χ3v) is 9.18. The Morgan fingerprint density at radius 3 is 2.60 bits per heavy atom. The van der Waals surface area contributed by atoms with Crippen LogP contribution in [0.15, 0.2) is 72.4 Å². The Bertz CT molecular complexity index is 1840. The number of nitrogens with zero attached hydrogens (tertiary/aromatic N) is 3. The van der Waals surface area contributed by atoms with Crippen molar-refractivity contribution in [1.82, 2.24) is 20.5 Å². The van der Waals surface area contributed by atoms with Gasteiger partial charge in [-0.15, -0.1) is 0 Å². The maximum atomic E-state index is 12.9. The van der Waals surface area contributed by atoms with Crippen LogP contribution in [0.2, 0.25) is 5.02 Å². The molecule has 3 aromatic carbocycles. The molecule has 248 valence electrons. The fourth-order valence-corrected chi connectivity index (χ4v) is 6.25. The third kappa shape index (κ3) is 8.45. The molecule has 2 saturated heterocycles. The second-order valence-electron chi connectivity index (χ2n) is 12.6. The van der Waals surface area contributed by atoms with Gasteiger partial charge in [0.1, 0.15) is 30.3 Å². The van der Waals surface area contributed by atoms with Crippen LogP contribution in [-0.2, 0) is 17.9 Å². The van der Waals surface area contributed by atoms with E-state index >= 15 is 0 Å². The summed E-state index contributed by atoms with van der Waals surface area (Å²) in [6.07, 6.45) is 6.93. The zero-order chi connectivity index (χ0) is 33.5. The molecular formula is C38H41ClN6O3. The summed E-state index contributed by atoms with van der Waals surface area (Å²) in [6, 6.07) is 19.8. The normalized spacial score (nSPS) is 15.5. The number of carbonyl (C=O) groups excluding carboxylic acids is 1. The summed E-state index contributed by atoms with van der Waals surface area (Å²) in [4.78, 5) is 19.9. The molecule has 3 heterocycles. The molecular weight excluding hydrogens is 624 g/mol. The van der Waals surface area contributed by atoms with Gasteiger partial charge in [0.05, 0.1) is 21.8 Å². The average molecular weight is 665 g/mol. The van der Waals surface area contributed by atoms with Gasteiger partial charge in [-0.3, -0.25) is 9.78 Å². The second kappa shape index (κ2) is 15.5. The molecule has 0 spiro atoms. The van der Waals surface area contributed by atoms with Gasteiger partial charge in [-0.2, -0.15) is 5.26 Å². The van der Waals surface area contributed by atoms with Crippen molar-refractivity contribution in [3.63, 3.8) is 0 Å². The molecule has 0 atom stereocenters. The Labute approximate surface area is 286 Å². The molecule has 1 aromatic heterocycles. The molecule has 2 aliphatic heterocycles. The number of pyridine rings is 1. The van der Waals surface area contributed by atoms with Crippen LogP contribution in [0.25, 0.3) is 10.9 Å². The van der Waals surface area contributed by atoms with E-state index in [9.17, 15) is 10.1 Å². The van der Waals surface area contributed by atoms with Crippen LogP contribution in [0.3, 0.4) is 0 Å². The first kappa shape index (κ1) is 33.3. The molecule has 0 radical (unpaired) electrons. The highest BCUT2D eigenvalue weighted by atomic mass is 35.5. The Morgan fingerprint density at radius 2 is 1.88 bits per heavy atom. The number of rotatable bonds is 10. The first-order chi connectivity index (χ1) is 23.3. The molecule has 0 unspecified atom stereocenters. The average Bonchev–Trinajstić information content (AvgIpc) is 3.09. The number of piperidine rings is 2. The van der Waals surface area contributed by atoms with E-state index in [4.69, 9.17) is 21.1 Å². The van der Waals surface area contributed by atoms with Gasteiger partial charge < -0.3 is 30.3 Å². The summed E-state index contributed by atoms with van der Waals surface area (Å²) in [7, 11) is 2.12. The third-order valence-electron chi connectivity index (χ3n) is 8.88. The van der Waals surface area contributed by atoms with Gasteiger partial charge in [-0.25, -0.2) is 0 Å². The standard InChI is InChI=1S/C38H41ClN6O3/c1-25-3-5-27(6-4-25)24-47-35-8-7-30(19-33(35)39)44-38-29(21-40)23-42-34-20-36(48-31-11-15-45(2)16-12-31)28(18-32(34)38)22-43-37(46)17-26-9-13-41-14-10-26/h3-8,17-20,23,31,41H,9-16,22,24H2,1-2H3,(H,42,44)(H,43,46). The monoisotopic (exact) mass is 664 g/mol. The Morgan fingerprint density at radius 1 is 1.10 bits per heavy atom. The van der Waals surface area contributed by atoms with Crippen LogP contribution in [-0.4, -0.2) is 55.1 Å². The van der Waals surface area contributed by atoms with Gasteiger partial charge in [-0.05, 0) is 82.6 Å². The number of hydrogen-bond donors (Lipinski definition) is 3. The predicted octanol–water partition coefficient (Wildman–Crippen LogP) is 6.79. The number of carbonyl (C=O) groups is 1. The predicted molar refractivity (Wildman–Crippen MR) is 190 cm³/mol. The smallest absolute Gasteiger partial charge is 0.244 e. The lowest BCUT2D eigenvalue weighted by Gasteiger charge is -2.30. The Hall–Kier alpha value is -4.62. The minimum absolute atomic E-state index is 0.0646. The number of nitriles is 1. The number of amides is 1. The van der Waals surface area contributed by atoms with E-state index in [0.717, 1.165) is 73.9 Å². The second-order valence-corrected chi connectivity index (χ2v) is 13.0. The largest absolute Gasteiger partial charge is 0.490 e. The van der Waals surface area contributed by atoms with E-state index in [1.54, 1.807) is 18.3 Å². The minimum Gasteiger partial charge on any atom is -0.490 e. The lowest BCUT2D eigenvalue weighted by Crippen LogP contribution is -2.36. The molecule has 9 nitrogen and oxygen atoms in total. The summed E-state index contributed by atoms with van der Waals surface area (Å²) in [5.41, 5.74) is 6.56. The molecule has 2 aliphatic rings. The number of ether oxygens (including phenoxy) is 2. The highest BCUT2D eigenvalue weighted by Gasteiger charge is 2.21. The molecule has 6 rings (SSSR count). The number of fused-ring (bicyclic) bond motifs is 1. The van der Waals surface area contributed by atoms with Crippen LogP contribution >= 0.6 is 11.6 Å². The highest BCUT2D eigenvalue weighted by Crippen LogP contribution is 2.36. The zero-order valence-electron chi connectivity index (χ0n) is 27.4. The van der Waals surface area contributed by atoms with Crippen LogP contribution in [0, 0.1) is 18.3 Å². The molecule has 0 saturated carbocycles. The zero-order valence-corrected chi connectivity index (χ0v) is 28.2. The number of hydrogen-bond acceptors (Lipinski definition) is 8. The fourth-order valence-electron chi connectivity index (χ4n) is 6.01. The first-order valence-electron chi connectivity index (χ1n) is 16.5. The molecule has 3 N–H and O–H groups in total. The number of likely N-dealkylation sites (tertiary alicyclic amines) is 1. The number of anilines is 2. The van der Waals surface area contributed by atoms with Crippen molar-refractivity contribution >= 4 is 39.8 Å². The number of aryl methyl sites for hydroxylation is 1. The van der Waals surface area contributed by atoms with E-state index in [-0.39, 0.29) is 18.6 Å². The summed E-state index contributed by atoms with van der Waals surface area (Å²) >= 11 is 6.66. The molecule has 0 bridgehead atoms. The van der Waals surface area contributed by atoms with Crippen LogP contribution in [0.1, 0.15) is 47.9 Å². The molecule has 48 heavy (non-hydrogen) atoms. The van der Waals surface area contributed by atoms with E-state index < -0.39 is 0 Å². The number of nitrogens with one attached hydrogen (secondary N) is 3. The first-order valence-corrected chi connectivity index (χ1v) is 16.9. The molecule has 4 aromatic rings. The van der Waals surface area contributed by atoms with Crippen LogP contribution in [0.4, 0.5) is 11.4 Å². The highest BCUT2D eigenvalue weighted by molar-refractivity contribution is 6.32. The Balaban J connectivity index is 1.27. The Kier molecular flexibility index (Phi) is 10.8. The summed E-state index contributed by atoms with van der Waals surface area (Å²) in [5, 5.41) is 21.1. The van der Waals surface area contributed by atoms with Crippen LogP contribution < -0.4 is 25.4 Å². The van der Waals surface area contributed by atoms with Gasteiger partial charge >= 0.3 is 0 Å². The summed E-state index contributed by atoms with van der Waals surface area (Å²) < 4.78 is 12.6. The maximum Gasteiger partial charge on any atom is 0.244 e. The number of benzene rings is 3. The van der Waals surface area contributed by atoms with Crippen molar-refractivity contribution in [2.24, 2.45) is 0 Å². The van der Waals surface area contributed by atoms with E-state index in [1.807, 2.05) is 43.3 Å². The lowest BCUT2D eigenvalue weighted by molar-refractivity contribution is -0.116. The van der Waals surface area contributed by atoms with Gasteiger partial charge in [0, 0.05) is 54.6 Å². The summed E-state index contributed by atoms with van der Waals surface area (Å²) in [6.45, 7) is 6.41. The van der Waals surface area contributed by atoms with Crippen molar-refractivity contribution < 1.29 is 14.3 Å². The lowest BCUT2D eigenvalue weighted by atomic mass is 10.0. The number of aromatic nitrogens is 1. The van der Waals surface area contributed by atoms with Gasteiger partial charge in [0.25, 0.3) is 0 Å². The van der Waals surface area contributed by atoms with Crippen molar-refractivity contribution in [3.8, 4) is 17.6 Å².